The van der Waals surface area contributed by atoms with Crippen LogP contribution in [0.1, 0.15) is 0 Å². The summed E-state index contributed by atoms with van der Waals surface area (Å²) >= 11 is 0. The molecule has 6 heteroatoms. The normalized spacial score (nSPS) is 11.0. The largest absolute Gasteiger partial charge is 0.497 e. The van der Waals surface area contributed by atoms with Crippen LogP contribution in [0.4, 0.5) is 0 Å². The van der Waals surface area contributed by atoms with Gasteiger partial charge in [-0.05, 0) is 41.3 Å². The predicted molar refractivity (Wildman–Crippen MR) is 70.4 cm³/mol. The first-order chi connectivity index (χ1) is 9.12. The fourth-order valence-electron chi connectivity index (χ4n) is 1.39. The molecule has 0 amide bonds. The van der Waals surface area contributed by atoms with Crippen LogP contribution in [-0.2, 0) is 10.0 Å². The van der Waals surface area contributed by atoms with E-state index in [2.05, 4.69) is 4.89 Å². The van der Waals surface area contributed by atoms with Crippen LogP contribution in [0.2, 0.25) is 0 Å². The number of ether oxygens (including phenoxy) is 1. The van der Waals surface area contributed by atoms with Crippen LogP contribution < -0.4 is 14.5 Å². The van der Waals surface area contributed by atoms with Gasteiger partial charge >= 0.3 is 0 Å². The highest BCUT2D eigenvalue weighted by Crippen LogP contribution is 2.16. The van der Waals surface area contributed by atoms with Gasteiger partial charge in [0.2, 0.25) is 0 Å². The van der Waals surface area contributed by atoms with Gasteiger partial charge in [-0.1, -0.05) is 18.2 Å². The summed E-state index contributed by atoms with van der Waals surface area (Å²) in [5.74, 6) is 1.00. The second-order valence-corrected chi connectivity index (χ2v) is 5.32. The molecule has 0 spiro atoms. The molecule has 1 N–H and O–H groups in total. The van der Waals surface area contributed by atoms with E-state index in [9.17, 15) is 8.42 Å². The second kappa shape index (κ2) is 5.73. The Balaban J connectivity index is 2.09. The zero-order valence-corrected chi connectivity index (χ0v) is 11.1. The zero-order valence-electron chi connectivity index (χ0n) is 10.2. The Bertz CT molecular complexity index is 623. The van der Waals surface area contributed by atoms with Crippen molar-refractivity contribution >= 4 is 10.0 Å². The van der Waals surface area contributed by atoms with E-state index < -0.39 is 10.0 Å². The average Bonchev–Trinajstić information content (AvgIpc) is 2.46. The fraction of sp³-hybridized carbons (Fsp3) is 0.0769. The minimum atomic E-state index is -3.71. The van der Waals surface area contributed by atoms with E-state index in [0.29, 0.717) is 11.5 Å². The average molecular weight is 279 g/mol. The Kier molecular flexibility index (Phi) is 4.03. The number of hydrogen-bond acceptors (Lipinski definition) is 4. The maximum Gasteiger partial charge on any atom is 0.271 e. The first kappa shape index (κ1) is 13.4. The number of nitrogens with one attached hydrogen (secondary N) is 1. The summed E-state index contributed by atoms with van der Waals surface area (Å²) < 4.78 is 28.8. The van der Waals surface area contributed by atoms with Gasteiger partial charge in [-0.15, -0.1) is 0 Å². The molecule has 0 atom stereocenters. The van der Waals surface area contributed by atoms with Crippen LogP contribution in [-0.4, -0.2) is 15.5 Å². The topological polar surface area (TPSA) is 64.6 Å². The van der Waals surface area contributed by atoms with Crippen LogP contribution in [0.15, 0.2) is 59.5 Å². The summed E-state index contributed by atoms with van der Waals surface area (Å²) in [6.45, 7) is 0. The molecular formula is C13H13NO4S. The molecule has 5 nitrogen and oxygen atoms in total. The van der Waals surface area contributed by atoms with E-state index >= 15 is 0 Å². The monoisotopic (exact) mass is 279 g/mol. The van der Waals surface area contributed by atoms with Crippen molar-refractivity contribution in [2.24, 2.45) is 0 Å². The fourth-order valence-corrected chi connectivity index (χ4v) is 2.19. The van der Waals surface area contributed by atoms with E-state index in [4.69, 9.17) is 9.57 Å². The lowest BCUT2D eigenvalue weighted by molar-refractivity contribution is 0.269. The zero-order chi connectivity index (χ0) is 13.7. The number of para-hydroxylation sites is 1. The summed E-state index contributed by atoms with van der Waals surface area (Å²) in [5, 5.41) is 0. The molecule has 2 aromatic carbocycles. The van der Waals surface area contributed by atoms with Gasteiger partial charge in [0.25, 0.3) is 10.0 Å². The van der Waals surface area contributed by atoms with Crippen molar-refractivity contribution in [3.8, 4) is 11.5 Å². The predicted octanol–water partition coefficient (Wildman–Crippen LogP) is 1.97. The minimum Gasteiger partial charge on any atom is -0.497 e. The number of sulfonamides is 1. The molecule has 0 aliphatic carbocycles. The van der Waals surface area contributed by atoms with E-state index in [0.717, 1.165) is 0 Å². The Morgan fingerprint density at radius 1 is 0.895 bits per heavy atom. The van der Waals surface area contributed by atoms with Crippen molar-refractivity contribution in [1.29, 1.82) is 0 Å². The van der Waals surface area contributed by atoms with Crippen LogP contribution in [0, 0.1) is 0 Å². The molecule has 0 aromatic heterocycles. The van der Waals surface area contributed by atoms with E-state index in [1.807, 2.05) is 6.07 Å². The Morgan fingerprint density at radius 3 is 2.11 bits per heavy atom. The number of methoxy groups -OCH3 is 1. The number of benzene rings is 2. The van der Waals surface area contributed by atoms with Gasteiger partial charge in [0.05, 0.1) is 12.0 Å². The third-order valence-corrected chi connectivity index (χ3v) is 3.58. The van der Waals surface area contributed by atoms with E-state index in [-0.39, 0.29) is 4.90 Å². The highest BCUT2D eigenvalue weighted by Gasteiger charge is 2.14. The first-order valence-electron chi connectivity index (χ1n) is 5.49. The van der Waals surface area contributed by atoms with Crippen molar-refractivity contribution in [1.82, 2.24) is 4.89 Å². The standard InChI is InChI=1S/C13H13NO4S/c1-17-11-7-9-13(10-8-11)19(15,16)14-18-12-5-3-2-4-6-12/h2-10,14H,1H3. The second-order valence-electron chi connectivity index (χ2n) is 3.68. The molecule has 0 heterocycles. The maximum absolute atomic E-state index is 11.9. The lowest BCUT2D eigenvalue weighted by Gasteiger charge is -2.08. The molecular weight excluding hydrogens is 266 g/mol. The molecule has 2 rings (SSSR count). The summed E-state index contributed by atoms with van der Waals surface area (Å²) in [6.07, 6.45) is 0. The van der Waals surface area contributed by atoms with Gasteiger partial charge in [0, 0.05) is 0 Å². The van der Waals surface area contributed by atoms with Crippen LogP contribution >= 0.6 is 0 Å². The molecule has 100 valence electrons. The number of hydrogen-bond donors (Lipinski definition) is 1. The number of rotatable bonds is 5. The molecule has 19 heavy (non-hydrogen) atoms. The van der Waals surface area contributed by atoms with E-state index in [1.165, 1.54) is 19.2 Å². The SMILES string of the molecule is COc1ccc(S(=O)(=O)NOc2ccccc2)cc1. The lowest BCUT2D eigenvalue weighted by atomic mass is 10.3. The Morgan fingerprint density at radius 2 is 1.53 bits per heavy atom. The van der Waals surface area contributed by atoms with Crippen LogP contribution in [0.5, 0.6) is 11.5 Å². The molecule has 0 unspecified atom stereocenters. The lowest BCUT2D eigenvalue weighted by Crippen LogP contribution is -2.27. The molecule has 0 bridgehead atoms. The van der Waals surface area contributed by atoms with Crippen LogP contribution in [0.25, 0.3) is 0 Å². The summed E-state index contributed by atoms with van der Waals surface area (Å²) in [5.41, 5.74) is 0. The van der Waals surface area contributed by atoms with Gasteiger partial charge in [-0.3, -0.25) is 0 Å². The highest BCUT2D eigenvalue weighted by atomic mass is 32.2. The Hall–Kier alpha value is -2.05. The summed E-state index contributed by atoms with van der Waals surface area (Å²) in [6, 6.07) is 14.6. The van der Waals surface area contributed by atoms with Crippen molar-refractivity contribution in [2.75, 3.05) is 7.11 Å². The molecule has 2 aromatic rings. The molecule has 0 aliphatic rings. The Labute approximate surface area is 111 Å². The maximum atomic E-state index is 11.9. The first-order valence-corrected chi connectivity index (χ1v) is 6.98. The van der Waals surface area contributed by atoms with Gasteiger partial charge in [-0.2, -0.15) is 0 Å². The third kappa shape index (κ3) is 3.46. The van der Waals surface area contributed by atoms with Crippen molar-refractivity contribution in [2.45, 2.75) is 4.90 Å². The minimum absolute atomic E-state index is 0.101. The van der Waals surface area contributed by atoms with Crippen molar-refractivity contribution in [3.05, 3.63) is 54.6 Å². The van der Waals surface area contributed by atoms with Crippen LogP contribution in [0.3, 0.4) is 0 Å². The van der Waals surface area contributed by atoms with E-state index in [1.54, 1.807) is 36.4 Å². The van der Waals surface area contributed by atoms with Gasteiger partial charge in [0.15, 0.2) is 0 Å². The molecule has 0 saturated heterocycles. The van der Waals surface area contributed by atoms with Gasteiger partial charge in [0.1, 0.15) is 11.5 Å². The summed E-state index contributed by atoms with van der Waals surface area (Å²) in [7, 11) is -2.20. The third-order valence-electron chi connectivity index (χ3n) is 2.38. The van der Waals surface area contributed by atoms with Crippen molar-refractivity contribution < 1.29 is 18.0 Å². The quantitative estimate of drug-likeness (QED) is 0.850. The molecule has 0 radical (unpaired) electrons. The van der Waals surface area contributed by atoms with Gasteiger partial charge < -0.3 is 9.57 Å². The van der Waals surface area contributed by atoms with Crippen molar-refractivity contribution in [3.63, 3.8) is 0 Å². The van der Waals surface area contributed by atoms with Gasteiger partial charge in [-0.25, -0.2) is 8.42 Å². The smallest absolute Gasteiger partial charge is 0.271 e. The molecule has 0 aliphatic heterocycles. The molecule has 0 fully saturated rings. The summed E-state index contributed by atoms with van der Waals surface area (Å²) in [4.78, 5) is 7.17. The molecule has 0 saturated carbocycles. The highest BCUT2D eigenvalue weighted by molar-refractivity contribution is 7.89.